The van der Waals surface area contributed by atoms with E-state index in [0.29, 0.717) is 18.4 Å². The van der Waals surface area contributed by atoms with Crippen molar-refractivity contribution in [3.63, 3.8) is 0 Å². The summed E-state index contributed by atoms with van der Waals surface area (Å²) >= 11 is 0. The SMILES string of the molecule is CC1CCN(C(=O)C2(c3ccccc3)CC2)C(CN)C1. The van der Waals surface area contributed by atoms with Gasteiger partial charge in [-0.1, -0.05) is 37.3 Å². The second-order valence-electron chi connectivity index (χ2n) is 6.47. The fraction of sp³-hybridized carbons (Fsp3) is 0.588. The van der Waals surface area contributed by atoms with E-state index in [2.05, 4.69) is 24.0 Å². The summed E-state index contributed by atoms with van der Waals surface area (Å²) in [6.45, 7) is 3.71. The van der Waals surface area contributed by atoms with Crippen molar-refractivity contribution < 1.29 is 4.79 Å². The van der Waals surface area contributed by atoms with Gasteiger partial charge in [0.25, 0.3) is 0 Å². The van der Waals surface area contributed by atoms with Gasteiger partial charge in [-0.2, -0.15) is 0 Å². The van der Waals surface area contributed by atoms with Gasteiger partial charge in [-0.15, -0.1) is 0 Å². The molecule has 1 aliphatic heterocycles. The lowest BCUT2D eigenvalue weighted by Crippen LogP contribution is -2.52. The Hall–Kier alpha value is -1.35. The molecule has 108 valence electrons. The quantitative estimate of drug-likeness (QED) is 0.917. The van der Waals surface area contributed by atoms with Gasteiger partial charge < -0.3 is 10.6 Å². The molecule has 0 radical (unpaired) electrons. The van der Waals surface area contributed by atoms with E-state index in [1.807, 2.05) is 18.2 Å². The van der Waals surface area contributed by atoms with Gasteiger partial charge in [-0.25, -0.2) is 0 Å². The van der Waals surface area contributed by atoms with Crippen LogP contribution in [-0.4, -0.2) is 29.9 Å². The molecule has 3 rings (SSSR count). The minimum Gasteiger partial charge on any atom is -0.338 e. The number of carbonyl (C=O) groups excluding carboxylic acids is 1. The van der Waals surface area contributed by atoms with E-state index >= 15 is 0 Å². The molecule has 1 aliphatic carbocycles. The Kier molecular flexibility index (Phi) is 3.55. The van der Waals surface area contributed by atoms with Crippen LogP contribution in [0.15, 0.2) is 30.3 Å². The van der Waals surface area contributed by atoms with E-state index in [1.54, 1.807) is 0 Å². The minimum absolute atomic E-state index is 0.229. The van der Waals surface area contributed by atoms with Gasteiger partial charge in [0.2, 0.25) is 5.91 Å². The Labute approximate surface area is 121 Å². The lowest BCUT2D eigenvalue weighted by atomic mass is 9.88. The van der Waals surface area contributed by atoms with E-state index in [-0.39, 0.29) is 11.5 Å². The molecule has 2 aliphatic rings. The minimum atomic E-state index is -0.241. The number of nitrogens with zero attached hydrogens (tertiary/aromatic N) is 1. The topological polar surface area (TPSA) is 46.3 Å². The predicted molar refractivity (Wildman–Crippen MR) is 80.3 cm³/mol. The monoisotopic (exact) mass is 272 g/mol. The summed E-state index contributed by atoms with van der Waals surface area (Å²) in [6.07, 6.45) is 4.12. The number of carbonyl (C=O) groups is 1. The van der Waals surface area contributed by atoms with Crippen LogP contribution < -0.4 is 5.73 Å². The molecule has 1 heterocycles. The number of hydrogen-bond acceptors (Lipinski definition) is 2. The number of likely N-dealkylation sites (tertiary alicyclic amines) is 1. The fourth-order valence-electron chi connectivity index (χ4n) is 3.53. The Morgan fingerprint density at radius 2 is 2.05 bits per heavy atom. The highest BCUT2D eigenvalue weighted by molar-refractivity contribution is 5.91. The summed E-state index contributed by atoms with van der Waals surface area (Å²) in [4.78, 5) is 15.1. The second kappa shape index (κ2) is 5.21. The molecule has 3 heteroatoms. The van der Waals surface area contributed by atoms with Crippen LogP contribution in [0.2, 0.25) is 0 Å². The van der Waals surface area contributed by atoms with E-state index in [0.717, 1.165) is 32.2 Å². The summed E-state index contributed by atoms with van der Waals surface area (Å²) in [7, 11) is 0. The van der Waals surface area contributed by atoms with Crippen molar-refractivity contribution in [3.8, 4) is 0 Å². The molecule has 1 saturated carbocycles. The average Bonchev–Trinajstić information content (AvgIpc) is 3.29. The largest absolute Gasteiger partial charge is 0.338 e. The Balaban J connectivity index is 1.82. The number of amides is 1. The molecule has 2 atom stereocenters. The van der Waals surface area contributed by atoms with Crippen molar-refractivity contribution in [1.82, 2.24) is 4.90 Å². The highest BCUT2D eigenvalue weighted by atomic mass is 16.2. The van der Waals surface area contributed by atoms with E-state index in [4.69, 9.17) is 5.73 Å². The van der Waals surface area contributed by atoms with Crippen LogP contribution in [0.25, 0.3) is 0 Å². The van der Waals surface area contributed by atoms with Crippen LogP contribution in [0.5, 0.6) is 0 Å². The maximum absolute atomic E-state index is 13.0. The first-order valence-electron chi connectivity index (χ1n) is 7.74. The average molecular weight is 272 g/mol. The van der Waals surface area contributed by atoms with Gasteiger partial charge in [0.1, 0.15) is 0 Å². The first-order valence-corrected chi connectivity index (χ1v) is 7.74. The highest BCUT2D eigenvalue weighted by Crippen LogP contribution is 2.50. The molecule has 0 bridgehead atoms. The predicted octanol–water partition coefficient (Wildman–Crippen LogP) is 2.30. The molecule has 1 amide bonds. The fourth-order valence-corrected chi connectivity index (χ4v) is 3.53. The van der Waals surface area contributed by atoms with Gasteiger partial charge in [0.15, 0.2) is 0 Å². The molecular weight excluding hydrogens is 248 g/mol. The number of benzene rings is 1. The summed E-state index contributed by atoms with van der Waals surface area (Å²) in [5, 5.41) is 0. The van der Waals surface area contributed by atoms with Crippen molar-refractivity contribution in [2.75, 3.05) is 13.1 Å². The maximum Gasteiger partial charge on any atom is 0.233 e. The molecule has 3 nitrogen and oxygen atoms in total. The molecule has 2 unspecified atom stereocenters. The Morgan fingerprint density at radius 3 is 2.65 bits per heavy atom. The molecular formula is C17H24N2O. The van der Waals surface area contributed by atoms with Crippen molar-refractivity contribution in [2.45, 2.75) is 44.1 Å². The van der Waals surface area contributed by atoms with Crippen molar-refractivity contribution in [1.29, 1.82) is 0 Å². The standard InChI is InChI=1S/C17H24N2O/c1-13-7-10-19(15(11-13)12-18)16(20)17(8-9-17)14-5-3-2-4-6-14/h2-6,13,15H,7-12,18H2,1H3. The normalized spacial score (nSPS) is 28.2. The van der Waals surface area contributed by atoms with E-state index < -0.39 is 0 Å². The van der Waals surface area contributed by atoms with Crippen LogP contribution in [0, 0.1) is 5.92 Å². The van der Waals surface area contributed by atoms with E-state index in [9.17, 15) is 4.79 Å². The molecule has 0 aromatic heterocycles. The highest BCUT2D eigenvalue weighted by Gasteiger charge is 2.54. The maximum atomic E-state index is 13.0. The van der Waals surface area contributed by atoms with Crippen LogP contribution in [-0.2, 0) is 10.2 Å². The van der Waals surface area contributed by atoms with Crippen LogP contribution in [0.1, 0.15) is 38.2 Å². The summed E-state index contributed by atoms with van der Waals surface area (Å²) in [6, 6.07) is 10.5. The van der Waals surface area contributed by atoms with Gasteiger partial charge in [-0.3, -0.25) is 4.79 Å². The Bertz CT molecular complexity index is 481. The summed E-state index contributed by atoms with van der Waals surface area (Å²) in [5.41, 5.74) is 6.84. The van der Waals surface area contributed by atoms with Crippen LogP contribution >= 0.6 is 0 Å². The first-order chi connectivity index (χ1) is 9.67. The van der Waals surface area contributed by atoms with Crippen LogP contribution in [0.3, 0.4) is 0 Å². The molecule has 1 saturated heterocycles. The second-order valence-corrected chi connectivity index (χ2v) is 6.47. The van der Waals surface area contributed by atoms with Gasteiger partial charge in [0, 0.05) is 19.1 Å². The number of nitrogens with two attached hydrogens (primary N) is 1. The zero-order valence-electron chi connectivity index (χ0n) is 12.2. The smallest absolute Gasteiger partial charge is 0.233 e. The van der Waals surface area contributed by atoms with Crippen molar-refractivity contribution in [3.05, 3.63) is 35.9 Å². The molecule has 1 aromatic rings. The first kappa shape index (κ1) is 13.6. The summed E-state index contributed by atoms with van der Waals surface area (Å²) in [5.74, 6) is 0.991. The van der Waals surface area contributed by atoms with Crippen molar-refractivity contribution >= 4 is 5.91 Å². The zero-order chi connectivity index (χ0) is 14.2. The lowest BCUT2D eigenvalue weighted by molar-refractivity contribution is -0.138. The van der Waals surface area contributed by atoms with E-state index in [1.165, 1.54) is 5.56 Å². The molecule has 20 heavy (non-hydrogen) atoms. The Morgan fingerprint density at radius 1 is 1.35 bits per heavy atom. The van der Waals surface area contributed by atoms with Gasteiger partial charge >= 0.3 is 0 Å². The molecule has 2 fully saturated rings. The van der Waals surface area contributed by atoms with Crippen LogP contribution in [0.4, 0.5) is 0 Å². The van der Waals surface area contributed by atoms with Gasteiger partial charge in [-0.05, 0) is 37.2 Å². The third kappa shape index (κ3) is 2.24. The number of piperidine rings is 1. The molecule has 1 aromatic carbocycles. The lowest BCUT2D eigenvalue weighted by Gasteiger charge is -2.40. The number of rotatable bonds is 3. The number of hydrogen-bond donors (Lipinski definition) is 1. The molecule has 2 N–H and O–H groups in total. The third-order valence-corrected chi connectivity index (χ3v) is 5.00. The summed E-state index contributed by atoms with van der Waals surface area (Å²) < 4.78 is 0. The zero-order valence-corrected chi connectivity index (χ0v) is 12.2. The van der Waals surface area contributed by atoms with Crippen molar-refractivity contribution in [2.24, 2.45) is 11.7 Å². The van der Waals surface area contributed by atoms with Gasteiger partial charge in [0.05, 0.1) is 5.41 Å². The third-order valence-electron chi connectivity index (χ3n) is 5.00. The molecule has 0 spiro atoms.